The fraction of sp³-hybridized carbons (Fsp3) is 0.357. The van der Waals surface area contributed by atoms with E-state index in [1.54, 1.807) is 6.07 Å². The number of pyridine rings is 1. The van der Waals surface area contributed by atoms with Gasteiger partial charge in [0.25, 0.3) is 0 Å². The molecule has 0 aliphatic rings. The van der Waals surface area contributed by atoms with E-state index in [9.17, 15) is 4.39 Å². The molecule has 0 spiro atoms. The predicted molar refractivity (Wildman–Crippen MR) is 65.0 cm³/mol. The number of alkyl halides is 1. The molecule has 1 unspecified atom stereocenters. The summed E-state index contributed by atoms with van der Waals surface area (Å²) in [6.45, 7) is 4.04. The fourth-order valence-corrected chi connectivity index (χ4v) is 1.79. The topological polar surface area (TPSA) is 12.9 Å². The number of hydrogen-bond acceptors (Lipinski definition) is 1. The molecule has 2 rings (SSSR count). The third kappa shape index (κ3) is 2.38. The summed E-state index contributed by atoms with van der Waals surface area (Å²) in [6, 6.07) is 11.5. The Bertz CT molecular complexity index is 479. The van der Waals surface area contributed by atoms with Crippen LogP contribution in [0.1, 0.15) is 32.1 Å². The number of benzene rings is 1. The molecule has 1 heterocycles. The van der Waals surface area contributed by atoms with Gasteiger partial charge in [0.05, 0.1) is 11.2 Å². The van der Waals surface area contributed by atoms with E-state index in [2.05, 4.69) is 4.98 Å². The summed E-state index contributed by atoms with van der Waals surface area (Å²) in [5.74, 6) is 0.350. The van der Waals surface area contributed by atoms with Gasteiger partial charge < -0.3 is 0 Å². The molecule has 1 nitrogen and oxygen atoms in total. The molecule has 0 bridgehead atoms. The van der Waals surface area contributed by atoms with E-state index >= 15 is 0 Å². The molecule has 0 amide bonds. The number of para-hydroxylation sites is 1. The van der Waals surface area contributed by atoms with E-state index in [4.69, 9.17) is 0 Å². The van der Waals surface area contributed by atoms with Crippen LogP contribution in [0.5, 0.6) is 0 Å². The summed E-state index contributed by atoms with van der Waals surface area (Å²) >= 11 is 0. The lowest BCUT2D eigenvalue weighted by Crippen LogP contribution is -2.00. The number of nitrogens with zero attached hydrogens (tertiary/aromatic N) is 1. The van der Waals surface area contributed by atoms with Gasteiger partial charge in [-0.15, -0.1) is 0 Å². The van der Waals surface area contributed by atoms with Crippen LogP contribution >= 0.6 is 0 Å². The second-order valence-electron chi connectivity index (χ2n) is 4.53. The highest BCUT2D eigenvalue weighted by Crippen LogP contribution is 2.25. The predicted octanol–water partition coefficient (Wildman–Crippen LogP) is 4.29. The highest BCUT2D eigenvalue weighted by atomic mass is 19.1. The Morgan fingerprint density at radius 3 is 2.62 bits per heavy atom. The van der Waals surface area contributed by atoms with Gasteiger partial charge in [0.1, 0.15) is 6.17 Å². The lowest BCUT2D eigenvalue weighted by molar-refractivity contribution is 0.284. The van der Waals surface area contributed by atoms with Crippen LogP contribution in [-0.2, 0) is 0 Å². The molecule has 0 aliphatic carbocycles. The van der Waals surface area contributed by atoms with Gasteiger partial charge in [0.15, 0.2) is 0 Å². The zero-order valence-electron chi connectivity index (χ0n) is 9.65. The largest absolute Gasteiger partial charge is 0.250 e. The van der Waals surface area contributed by atoms with Crippen molar-refractivity contribution in [1.82, 2.24) is 4.98 Å². The average Bonchev–Trinajstić information content (AvgIpc) is 2.27. The second kappa shape index (κ2) is 4.60. The summed E-state index contributed by atoms with van der Waals surface area (Å²) in [7, 11) is 0. The van der Waals surface area contributed by atoms with Crippen LogP contribution in [0, 0.1) is 5.92 Å². The van der Waals surface area contributed by atoms with Crippen molar-refractivity contribution in [1.29, 1.82) is 0 Å². The normalized spacial score (nSPS) is 13.2. The molecule has 0 fully saturated rings. The quantitative estimate of drug-likeness (QED) is 0.747. The van der Waals surface area contributed by atoms with E-state index in [1.807, 2.05) is 44.2 Å². The molecule has 0 N–H and O–H groups in total. The van der Waals surface area contributed by atoms with Gasteiger partial charge in [0.2, 0.25) is 0 Å². The van der Waals surface area contributed by atoms with Crippen molar-refractivity contribution in [3.05, 3.63) is 42.1 Å². The lowest BCUT2D eigenvalue weighted by atomic mass is 10.0. The highest BCUT2D eigenvalue weighted by Gasteiger charge is 2.13. The van der Waals surface area contributed by atoms with Crippen LogP contribution < -0.4 is 0 Å². The summed E-state index contributed by atoms with van der Waals surface area (Å²) < 4.78 is 13.9. The summed E-state index contributed by atoms with van der Waals surface area (Å²) in [6.07, 6.45) is -0.421. The zero-order chi connectivity index (χ0) is 11.5. The number of aromatic nitrogens is 1. The summed E-state index contributed by atoms with van der Waals surface area (Å²) in [5, 5.41) is 1.06. The maximum absolute atomic E-state index is 13.9. The van der Waals surface area contributed by atoms with Crippen molar-refractivity contribution in [3.8, 4) is 0 Å². The molecule has 2 heteroatoms. The number of fused-ring (bicyclic) bond motifs is 1. The first kappa shape index (κ1) is 11.1. The summed E-state index contributed by atoms with van der Waals surface area (Å²) in [5.41, 5.74) is 1.42. The van der Waals surface area contributed by atoms with Crippen molar-refractivity contribution < 1.29 is 4.39 Å². The van der Waals surface area contributed by atoms with Crippen LogP contribution in [0.2, 0.25) is 0 Å². The average molecular weight is 217 g/mol. The van der Waals surface area contributed by atoms with Gasteiger partial charge in [-0.3, -0.25) is 0 Å². The molecule has 0 aliphatic heterocycles. The molecule has 0 saturated carbocycles. The van der Waals surface area contributed by atoms with Crippen LogP contribution in [0.25, 0.3) is 10.9 Å². The van der Waals surface area contributed by atoms with Crippen LogP contribution in [0.4, 0.5) is 4.39 Å². The van der Waals surface area contributed by atoms with Crippen LogP contribution in [-0.4, -0.2) is 4.98 Å². The van der Waals surface area contributed by atoms with Gasteiger partial charge in [-0.05, 0) is 24.5 Å². The monoisotopic (exact) mass is 217 g/mol. The third-order valence-corrected chi connectivity index (χ3v) is 2.62. The second-order valence-corrected chi connectivity index (χ2v) is 4.53. The van der Waals surface area contributed by atoms with Gasteiger partial charge >= 0.3 is 0 Å². The molecule has 0 saturated heterocycles. The van der Waals surface area contributed by atoms with E-state index in [-0.39, 0.29) is 0 Å². The Balaban J connectivity index is 2.32. The smallest absolute Gasteiger partial charge is 0.142 e. The molecule has 2 aromatic rings. The first-order chi connectivity index (χ1) is 7.66. The summed E-state index contributed by atoms with van der Waals surface area (Å²) in [4.78, 5) is 4.35. The minimum Gasteiger partial charge on any atom is -0.250 e. The molecule has 1 aromatic heterocycles. The van der Waals surface area contributed by atoms with Crippen molar-refractivity contribution in [2.45, 2.75) is 26.4 Å². The van der Waals surface area contributed by atoms with Gasteiger partial charge in [0, 0.05) is 5.39 Å². The van der Waals surface area contributed by atoms with E-state index in [0.717, 1.165) is 10.9 Å². The Morgan fingerprint density at radius 1 is 1.12 bits per heavy atom. The van der Waals surface area contributed by atoms with Gasteiger partial charge in [-0.2, -0.15) is 0 Å². The van der Waals surface area contributed by atoms with Crippen molar-refractivity contribution in [2.24, 2.45) is 5.92 Å². The van der Waals surface area contributed by atoms with Crippen molar-refractivity contribution >= 4 is 10.9 Å². The molecule has 84 valence electrons. The molecular formula is C14H16FN. The molecule has 16 heavy (non-hydrogen) atoms. The van der Waals surface area contributed by atoms with Crippen LogP contribution in [0.15, 0.2) is 36.4 Å². The first-order valence-corrected chi connectivity index (χ1v) is 5.66. The molecule has 0 radical (unpaired) electrons. The van der Waals surface area contributed by atoms with Crippen molar-refractivity contribution in [2.75, 3.05) is 0 Å². The van der Waals surface area contributed by atoms with Crippen LogP contribution in [0.3, 0.4) is 0 Å². The molecule has 1 atom stereocenters. The van der Waals surface area contributed by atoms with Gasteiger partial charge in [-0.25, -0.2) is 9.37 Å². The minimum atomic E-state index is -0.954. The maximum Gasteiger partial charge on any atom is 0.142 e. The maximum atomic E-state index is 13.9. The number of halogens is 1. The fourth-order valence-electron chi connectivity index (χ4n) is 1.79. The molecule has 1 aromatic carbocycles. The number of hydrogen-bond donors (Lipinski definition) is 0. The Labute approximate surface area is 95.3 Å². The third-order valence-electron chi connectivity index (χ3n) is 2.62. The number of rotatable bonds is 3. The van der Waals surface area contributed by atoms with E-state index < -0.39 is 6.17 Å². The Morgan fingerprint density at radius 2 is 1.88 bits per heavy atom. The lowest BCUT2D eigenvalue weighted by Gasteiger charge is -2.10. The highest BCUT2D eigenvalue weighted by molar-refractivity contribution is 5.78. The Kier molecular flexibility index (Phi) is 3.18. The van der Waals surface area contributed by atoms with E-state index in [1.165, 1.54) is 0 Å². The minimum absolute atomic E-state index is 0.350. The van der Waals surface area contributed by atoms with Crippen molar-refractivity contribution in [3.63, 3.8) is 0 Å². The standard InChI is InChI=1S/C14H16FN/c1-10(2)9-12(15)14-8-7-11-5-3-4-6-13(11)16-14/h3-8,10,12H,9H2,1-2H3. The Hall–Kier alpha value is -1.44. The SMILES string of the molecule is CC(C)CC(F)c1ccc2ccccc2n1. The molecular weight excluding hydrogens is 201 g/mol. The van der Waals surface area contributed by atoms with E-state index in [0.29, 0.717) is 18.0 Å². The first-order valence-electron chi connectivity index (χ1n) is 5.66. The zero-order valence-corrected chi connectivity index (χ0v) is 9.65. The van der Waals surface area contributed by atoms with Gasteiger partial charge in [-0.1, -0.05) is 38.1 Å².